The van der Waals surface area contributed by atoms with Gasteiger partial charge in [-0.3, -0.25) is 4.90 Å². The first-order valence-electron chi connectivity index (χ1n) is 27.4. The minimum absolute atomic E-state index is 0.0833. The van der Waals surface area contributed by atoms with Crippen molar-refractivity contribution >= 4 is 79.0 Å². The third-order valence-electron chi connectivity index (χ3n) is 15.7. The van der Waals surface area contributed by atoms with Crippen LogP contribution in [0.2, 0.25) is 0 Å². The van der Waals surface area contributed by atoms with Crippen molar-refractivity contribution in [2.45, 2.75) is 104 Å². The van der Waals surface area contributed by atoms with Gasteiger partial charge in [0.2, 0.25) is 5.88 Å². The molecule has 2 aliphatic heterocycles. The lowest BCUT2D eigenvalue weighted by Gasteiger charge is -2.57. The van der Waals surface area contributed by atoms with Gasteiger partial charge in [-0.15, -0.1) is 37.7 Å². The molecule has 4 fully saturated rings. The Morgan fingerprint density at radius 2 is 1.32 bits per heavy atom. The predicted molar refractivity (Wildman–Crippen MR) is 262 cm³/mol. The summed E-state index contributed by atoms with van der Waals surface area (Å²) >= 11 is 1.57. The second-order valence-electron chi connectivity index (χ2n) is 21.1. The molecule has 0 unspecified atom stereocenters. The maximum absolute atomic E-state index is 13.7. The van der Waals surface area contributed by atoms with Gasteiger partial charge in [0.1, 0.15) is 17.1 Å². The molecule has 69 heavy (non-hydrogen) atoms. The van der Waals surface area contributed by atoms with Crippen LogP contribution in [-0.4, -0.2) is 19.4 Å². The molecule has 0 amide bonds. The maximum Gasteiger partial charge on any atom is 0.573 e. The zero-order chi connectivity index (χ0) is 54.4. The SMILES string of the molecule is [2H]c1c2c3c(c([2H])c1C14CC5CC(CC(C5)C1)C4)N(c1ccc(OC(F)(F)F)cc1)c1sc4c(c1B3c1c(oc3cc(-c5c(C)cc(C([2H])([2H])[2H])cc5C([2H])([2H])[2H])ccc13)N2c1ccc(OC(F)(F)F)cc1)CC(C)(C)C4. The number of hydrogen-bond donors (Lipinski definition) is 0. The van der Waals surface area contributed by atoms with E-state index < -0.39 is 50.1 Å². The zero-order valence-electron chi connectivity index (χ0n) is 45.8. The first-order chi connectivity index (χ1) is 36.0. The van der Waals surface area contributed by atoms with Crippen molar-refractivity contribution in [2.75, 3.05) is 9.80 Å². The van der Waals surface area contributed by atoms with E-state index in [2.05, 4.69) is 23.3 Å². The van der Waals surface area contributed by atoms with Gasteiger partial charge in [0, 0.05) is 46.7 Å². The van der Waals surface area contributed by atoms with Gasteiger partial charge in [0.05, 0.1) is 7.74 Å². The van der Waals surface area contributed by atoms with Crippen LogP contribution in [0.3, 0.4) is 0 Å². The van der Waals surface area contributed by atoms with Crippen molar-refractivity contribution < 1.29 is 51.2 Å². The van der Waals surface area contributed by atoms with Crippen molar-refractivity contribution in [3.05, 3.63) is 124 Å². The Labute approximate surface area is 412 Å². The van der Waals surface area contributed by atoms with Crippen LogP contribution in [0.15, 0.2) is 95.4 Å². The Morgan fingerprint density at radius 1 is 0.725 bits per heavy atom. The van der Waals surface area contributed by atoms with Gasteiger partial charge in [-0.1, -0.05) is 43.7 Å². The number of furan rings is 1. The van der Waals surface area contributed by atoms with E-state index >= 15 is 0 Å². The van der Waals surface area contributed by atoms with Crippen molar-refractivity contribution in [3.63, 3.8) is 0 Å². The van der Waals surface area contributed by atoms with Gasteiger partial charge in [0.25, 0.3) is 6.71 Å². The summed E-state index contributed by atoms with van der Waals surface area (Å²) < 4.78 is 170. The Balaban J connectivity index is 1.13. The van der Waals surface area contributed by atoms with Gasteiger partial charge in [0.15, 0.2) is 0 Å². The fraction of sp³-hybridized carbons (Fsp3) is 0.357. The number of thiophene rings is 1. The highest BCUT2D eigenvalue weighted by Gasteiger charge is 2.55. The molecule has 0 radical (unpaired) electrons. The fourth-order valence-electron chi connectivity index (χ4n) is 13.7. The molecule has 4 heterocycles. The number of nitrogens with zero attached hydrogens (tertiary/aromatic N) is 2. The number of hydrogen-bond acceptors (Lipinski definition) is 6. The Bertz CT molecular complexity index is 3590. The van der Waals surface area contributed by atoms with Crippen molar-refractivity contribution in [3.8, 4) is 22.6 Å². The lowest BCUT2D eigenvalue weighted by Crippen LogP contribution is -2.61. The first kappa shape index (κ1) is 35.3. The molecule has 4 bridgehead atoms. The molecule has 7 aromatic rings. The Kier molecular flexibility index (Phi) is 7.48. The lowest BCUT2D eigenvalue weighted by atomic mass is 9.33. The van der Waals surface area contributed by atoms with Gasteiger partial charge in [-0.05, 0) is 212 Å². The molecule has 0 saturated heterocycles. The number of anilines is 6. The van der Waals surface area contributed by atoms with Crippen LogP contribution in [-0.2, 0) is 18.3 Å². The van der Waals surface area contributed by atoms with Gasteiger partial charge >= 0.3 is 12.7 Å². The van der Waals surface area contributed by atoms with Crippen LogP contribution in [0.1, 0.15) is 96.0 Å². The van der Waals surface area contributed by atoms with E-state index in [-0.39, 0.29) is 34.5 Å². The van der Waals surface area contributed by atoms with Crippen LogP contribution < -0.4 is 35.7 Å². The van der Waals surface area contributed by atoms with E-state index in [9.17, 15) is 29.1 Å². The Morgan fingerprint density at radius 3 is 1.91 bits per heavy atom. The average molecular weight is 963 g/mol. The molecule has 7 aliphatic rings. The number of fused-ring (bicyclic) bond motifs is 8. The molecule has 5 nitrogen and oxygen atoms in total. The van der Waals surface area contributed by atoms with Crippen LogP contribution in [0.5, 0.6) is 11.5 Å². The highest BCUT2D eigenvalue weighted by molar-refractivity contribution is 7.20. The Hall–Kier alpha value is -5.82. The van der Waals surface area contributed by atoms with E-state index in [0.717, 1.165) is 59.4 Å². The van der Waals surface area contributed by atoms with E-state index in [1.165, 1.54) is 48.5 Å². The molecule has 5 aliphatic carbocycles. The van der Waals surface area contributed by atoms with E-state index in [0.29, 0.717) is 97.5 Å². The highest BCUT2D eigenvalue weighted by Crippen LogP contribution is 2.62. The van der Waals surface area contributed by atoms with Gasteiger partial charge in [-0.25, -0.2) is 0 Å². The normalized spacial score (nSPS) is 24.8. The number of aryl methyl sites for hydroxylation is 3. The topological polar surface area (TPSA) is 38.1 Å². The third-order valence-corrected chi connectivity index (χ3v) is 16.9. The molecule has 5 aromatic carbocycles. The van der Waals surface area contributed by atoms with Gasteiger partial charge < -0.3 is 18.8 Å². The number of benzene rings is 5. The van der Waals surface area contributed by atoms with Crippen molar-refractivity contribution in [1.29, 1.82) is 0 Å². The van der Waals surface area contributed by atoms with E-state index in [4.69, 9.17) is 12.6 Å². The number of halogens is 6. The molecule has 2 aromatic heterocycles. The predicted octanol–water partition coefficient (Wildman–Crippen LogP) is 14.6. The second-order valence-corrected chi connectivity index (χ2v) is 22.2. The lowest BCUT2D eigenvalue weighted by molar-refractivity contribution is -0.275. The summed E-state index contributed by atoms with van der Waals surface area (Å²) in [6.07, 6.45) is -3.08. The zero-order valence-corrected chi connectivity index (χ0v) is 38.6. The second kappa shape index (κ2) is 14.6. The molecule has 0 atom stereocenters. The molecular formula is C56H49BF6N2O3S. The minimum Gasteiger partial charge on any atom is -0.440 e. The van der Waals surface area contributed by atoms with E-state index in [1.807, 2.05) is 11.0 Å². The third kappa shape index (κ3) is 6.94. The molecule has 4 saturated carbocycles. The number of alkyl halides is 6. The monoisotopic (exact) mass is 962 g/mol. The molecule has 0 N–H and O–H groups in total. The summed E-state index contributed by atoms with van der Waals surface area (Å²) in [5, 5.41) is 1.35. The van der Waals surface area contributed by atoms with Crippen LogP contribution in [0, 0.1) is 43.8 Å². The summed E-state index contributed by atoms with van der Waals surface area (Å²) in [6.45, 7) is -0.0286. The molecule has 352 valence electrons. The summed E-state index contributed by atoms with van der Waals surface area (Å²) in [4.78, 5) is 4.82. The fourth-order valence-corrected chi connectivity index (χ4v) is 15.3. The largest absolute Gasteiger partial charge is 0.573 e. The van der Waals surface area contributed by atoms with Crippen molar-refractivity contribution in [2.24, 2.45) is 23.2 Å². The van der Waals surface area contributed by atoms with Crippen LogP contribution in [0.25, 0.3) is 22.1 Å². The molecule has 13 heteroatoms. The summed E-state index contributed by atoms with van der Waals surface area (Å²) in [5.74, 6) is 0.511. The van der Waals surface area contributed by atoms with Gasteiger partial charge in [-0.2, -0.15) is 0 Å². The van der Waals surface area contributed by atoms with E-state index in [1.54, 1.807) is 47.4 Å². The highest BCUT2D eigenvalue weighted by atomic mass is 32.1. The standard InChI is InChI=1S/C56H49BF6N2O3S/c1-29-16-30(2)47(31(3)17-29)35-6-15-41-45(21-35)66-51-48(41)57-49-42-27-53(4,5)28-46(42)69-52(49)65(38-9-13-40(14-10-38)68-56(61,62)63)44-23-36(54-24-32-18-33(25-54)20-34(19-32)26-54)22-43(50(44)57)64(51)37-7-11-39(12-8-37)67-55(58,59)60/h6-17,21-23,32-34H,18-20,24-28H2,1-5H3/i1D3,2D3,22D,23D. The average Bonchev–Trinajstić information content (AvgIpc) is 3.60. The van der Waals surface area contributed by atoms with Crippen LogP contribution >= 0.6 is 11.3 Å². The van der Waals surface area contributed by atoms with Crippen molar-refractivity contribution in [1.82, 2.24) is 0 Å². The summed E-state index contributed by atoms with van der Waals surface area (Å²) in [5.41, 5.74) is 5.64. The smallest absolute Gasteiger partial charge is 0.440 e. The molecule has 0 spiro atoms. The quantitative estimate of drug-likeness (QED) is 0.123. The summed E-state index contributed by atoms with van der Waals surface area (Å²) in [6, 6.07) is 19.1. The van der Waals surface area contributed by atoms with Crippen LogP contribution in [0.4, 0.5) is 60.0 Å². The maximum atomic E-state index is 13.7. The minimum atomic E-state index is -4.99. The molecule has 14 rings (SSSR count). The number of ether oxygens (including phenoxy) is 2. The first-order valence-corrected chi connectivity index (χ1v) is 24.2. The molecular weight excluding hydrogens is 905 g/mol. The summed E-state index contributed by atoms with van der Waals surface area (Å²) in [7, 11) is 0. The number of rotatable bonds is 6.